The van der Waals surface area contributed by atoms with Gasteiger partial charge in [-0.15, -0.1) is 0 Å². The van der Waals surface area contributed by atoms with Gasteiger partial charge in [0.25, 0.3) is 0 Å². The lowest BCUT2D eigenvalue weighted by Gasteiger charge is -2.12. The topological polar surface area (TPSA) is 122 Å². The van der Waals surface area contributed by atoms with E-state index < -0.39 is 17.5 Å². The van der Waals surface area contributed by atoms with E-state index in [0.29, 0.717) is 11.3 Å². The second-order valence-electron chi connectivity index (χ2n) is 5.62. The van der Waals surface area contributed by atoms with Crippen LogP contribution in [0.1, 0.15) is 11.1 Å². The molecule has 0 amide bonds. The van der Waals surface area contributed by atoms with Crippen molar-refractivity contribution < 1.29 is 18.3 Å². The summed E-state index contributed by atoms with van der Waals surface area (Å²) in [6.45, 7) is 0. The molecule has 3 aromatic rings. The van der Waals surface area contributed by atoms with Crippen LogP contribution in [0.15, 0.2) is 42.5 Å². The number of nitrogens with zero attached hydrogens (tertiary/aromatic N) is 3. The van der Waals surface area contributed by atoms with Crippen molar-refractivity contribution in [1.82, 2.24) is 9.97 Å². The molecule has 0 fully saturated rings. The van der Waals surface area contributed by atoms with Crippen LogP contribution in [0.2, 0.25) is 0 Å². The highest BCUT2D eigenvalue weighted by atomic mass is 19.4. The maximum Gasteiger partial charge on any atom is 0.416 e. The zero-order chi connectivity index (χ0) is 19.8. The Morgan fingerprint density at radius 2 is 1.78 bits per heavy atom. The van der Waals surface area contributed by atoms with Crippen molar-refractivity contribution in [2.75, 3.05) is 11.5 Å². The summed E-state index contributed by atoms with van der Waals surface area (Å²) >= 11 is 0. The van der Waals surface area contributed by atoms with Gasteiger partial charge in [0, 0.05) is 11.3 Å². The van der Waals surface area contributed by atoms with Gasteiger partial charge in [-0.2, -0.15) is 18.4 Å². The number of nitriles is 1. The molecule has 0 aliphatic heterocycles. The summed E-state index contributed by atoms with van der Waals surface area (Å²) < 4.78 is 39.0. The molecule has 136 valence electrons. The third-order valence-electron chi connectivity index (χ3n) is 3.77. The molecule has 27 heavy (non-hydrogen) atoms. The number of aromatic nitrogens is 2. The Balaban J connectivity index is 2.26. The summed E-state index contributed by atoms with van der Waals surface area (Å²) in [5, 5.41) is 19.4. The lowest BCUT2D eigenvalue weighted by atomic mass is 10.0. The van der Waals surface area contributed by atoms with Crippen molar-refractivity contribution in [1.29, 1.82) is 5.26 Å². The van der Waals surface area contributed by atoms with Gasteiger partial charge >= 0.3 is 6.18 Å². The van der Waals surface area contributed by atoms with Gasteiger partial charge in [-0.1, -0.05) is 12.1 Å². The summed E-state index contributed by atoms with van der Waals surface area (Å²) in [7, 11) is 0. The molecule has 0 spiro atoms. The van der Waals surface area contributed by atoms with E-state index in [1.165, 1.54) is 0 Å². The van der Waals surface area contributed by atoms with Crippen molar-refractivity contribution in [2.45, 2.75) is 6.18 Å². The van der Waals surface area contributed by atoms with Crippen molar-refractivity contribution in [3.63, 3.8) is 0 Å². The smallest absolute Gasteiger partial charge is 0.416 e. The average Bonchev–Trinajstić information content (AvgIpc) is 2.60. The van der Waals surface area contributed by atoms with E-state index in [1.807, 2.05) is 6.07 Å². The molecule has 1 aromatic heterocycles. The fourth-order valence-corrected chi connectivity index (χ4v) is 2.50. The van der Waals surface area contributed by atoms with Crippen molar-refractivity contribution in [3.05, 3.63) is 53.6 Å². The zero-order valence-corrected chi connectivity index (χ0v) is 13.6. The second-order valence-corrected chi connectivity index (χ2v) is 5.62. The van der Waals surface area contributed by atoms with E-state index in [1.54, 1.807) is 24.3 Å². The minimum absolute atomic E-state index is 0.0455. The van der Waals surface area contributed by atoms with Crippen LogP contribution in [-0.2, 0) is 6.18 Å². The quantitative estimate of drug-likeness (QED) is 0.592. The molecule has 0 atom stereocenters. The number of anilines is 2. The molecule has 0 unspecified atom stereocenters. The predicted octanol–water partition coefficient (Wildman–Crippen LogP) is 3.57. The van der Waals surface area contributed by atoms with E-state index in [9.17, 15) is 23.5 Å². The standard InChI is InChI=1S/C18H12F3N5O/c19-18(20,21)10-4-5-14(27)12(7-10)17-25-15(13(8-22)16(24)26-17)9-2-1-3-11(23)6-9/h1-7,27H,23H2,(H2,24,25,26). The summed E-state index contributed by atoms with van der Waals surface area (Å²) in [5.41, 5.74) is 11.2. The van der Waals surface area contributed by atoms with Crippen LogP contribution < -0.4 is 11.5 Å². The number of benzene rings is 2. The molecule has 0 bridgehead atoms. The Kier molecular flexibility index (Phi) is 4.33. The predicted molar refractivity (Wildman–Crippen MR) is 93.1 cm³/mol. The number of alkyl halides is 3. The molecule has 0 saturated carbocycles. The van der Waals surface area contributed by atoms with Crippen LogP contribution >= 0.6 is 0 Å². The molecule has 1 heterocycles. The number of nitrogens with two attached hydrogens (primary N) is 2. The van der Waals surface area contributed by atoms with E-state index in [0.717, 1.165) is 18.2 Å². The molecule has 9 heteroatoms. The normalized spacial score (nSPS) is 11.2. The first kappa shape index (κ1) is 18.0. The maximum atomic E-state index is 13.0. The lowest BCUT2D eigenvalue weighted by Crippen LogP contribution is -2.06. The molecule has 5 N–H and O–H groups in total. The monoisotopic (exact) mass is 371 g/mol. The number of rotatable bonds is 2. The Bertz CT molecular complexity index is 1070. The fraction of sp³-hybridized carbons (Fsp3) is 0.0556. The van der Waals surface area contributed by atoms with Crippen molar-refractivity contribution in [2.24, 2.45) is 0 Å². The number of halogens is 3. The summed E-state index contributed by atoms with van der Waals surface area (Å²) in [4.78, 5) is 8.07. The fourth-order valence-electron chi connectivity index (χ4n) is 2.50. The van der Waals surface area contributed by atoms with Gasteiger partial charge in [-0.25, -0.2) is 9.97 Å². The molecular formula is C18H12F3N5O. The zero-order valence-electron chi connectivity index (χ0n) is 13.6. The number of hydrogen-bond donors (Lipinski definition) is 3. The first-order valence-corrected chi connectivity index (χ1v) is 7.55. The number of phenolic OH excluding ortho intramolecular Hbond substituents is 1. The largest absolute Gasteiger partial charge is 0.507 e. The first-order valence-electron chi connectivity index (χ1n) is 7.55. The highest BCUT2D eigenvalue weighted by molar-refractivity contribution is 5.77. The minimum atomic E-state index is -4.61. The van der Waals surface area contributed by atoms with Crippen LogP contribution in [-0.4, -0.2) is 15.1 Å². The molecule has 0 aliphatic carbocycles. The third-order valence-corrected chi connectivity index (χ3v) is 3.77. The highest BCUT2D eigenvalue weighted by Gasteiger charge is 2.31. The number of hydrogen-bond acceptors (Lipinski definition) is 6. The summed E-state index contributed by atoms with van der Waals surface area (Å²) in [5.74, 6) is -0.921. The van der Waals surface area contributed by atoms with E-state index in [-0.39, 0.29) is 28.5 Å². The van der Waals surface area contributed by atoms with Gasteiger partial charge < -0.3 is 16.6 Å². The maximum absolute atomic E-state index is 13.0. The SMILES string of the molecule is N#Cc1c(N)nc(-c2cc(C(F)(F)F)ccc2O)nc1-c1cccc(N)c1. The minimum Gasteiger partial charge on any atom is -0.507 e. The van der Waals surface area contributed by atoms with Gasteiger partial charge in [0.15, 0.2) is 5.82 Å². The number of aromatic hydroxyl groups is 1. The third kappa shape index (κ3) is 3.46. The van der Waals surface area contributed by atoms with E-state index in [2.05, 4.69) is 9.97 Å². The van der Waals surface area contributed by atoms with Crippen LogP contribution in [0.3, 0.4) is 0 Å². The summed E-state index contributed by atoms with van der Waals surface area (Å²) in [6, 6.07) is 10.7. The molecule has 0 aliphatic rings. The van der Waals surface area contributed by atoms with Gasteiger partial charge in [-0.3, -0.25) is 0 Å². The van der Waals surface area contributed by atoms with Crippen LogP contribution in [0.5, 0.6) is 5.75 Å². The van der Waals surface area contributed by atoms with E-state index in [4.69, 9.17) is 11.5 Å². The molecule has 3 rings (SSSR count). The molecule has 6 nitrogen and oxygen atoms in total. The van der Waals surface area contributed by atoms with Gasteiger partial charge in [0.2, 0.25) is 0 Å². The van der Waals surface area contributed by atoms with Crippen LogP contribution in [0.25, 0.3) is 22.6 Å². The second kappa shape index (κ2) is 6.49. The van der Waals surface area contributed by atoms with Crippen LogP contribution in [0.4, 0.5) is 24.7 Å². The molecule has 2 aromatic carbocycles. The Morgan fingerprint density at radius 1 is 1.04 bits per heavy atom. The first-order chi connectivity index (χ1) is 12.7. The Morgan fingerprint density at radius 3 is 2.41 bits per heavy atom. The Hall–Kier alpha value is -3.80. The molecular weight excluding hydrogens is 359 g/mol. The van der Waals surface area contributed by atoms with Crippen molar-refractivity contribution in [3.8, 4) is 34.5 Å². The number of phenols is 1. The average molecular weight is 371 g/mol. The summed E-state index contributed by atoms with van der Waals surface area (Å²) in [6.07, 6.45) is -4.61. The van der Waals surface area contributed by atoms with Crippen molar-refractivity contribution >= 4 is 11.5 Å². The van der Waals surface area contributed by atoms with Gasteiger partial charge in [-0.05, 0) is 30.3 Å². The lowest BCUT2D eigenvalue weighted by molar-refractivity contribution is -0.137. The molecule has 0 saturated heterocycles. The Labute approximate surface area is 151 Å². The van der Waals surface area contributed by atoms with Crippen LogP contribution in [0, 0.1) is 11.3 Å². The van der Waals surface area contributed by atoms with Gasteiger partial charge in [0.1, 0.15) is 23.2 Å². The molecule has 0 radical (unpaired) electrons. The number of nitrogen functional groups attached to an aromatic ring is 2. The highest BCUT2D eigenvalue weighted by Crippen LogP contribution is 2.37. The van der Waals surface area contributed by atoms with E-state index >= 15 is 0 Å². The van der Waals surface area contributed by atoms with Gasteiger partial charge in [0.05, 0.1) is 16.8 Å².